The molecule has 58 heavy (non-hydrogen) atoms. The molecule has 2 heterocycles. The Hall–Kier alpha value is -7.68. The number of pyridine rings is 1. The van der Waals surface area contributed by atoms with Gasteiger partial charge in [0.1, 0.15) is 0 Å². The standard InChI is InChI=1S/C56H38N2/c1-4-14-39(15-5-1)41-23-30-46(31-24-41)58(47-32-25-42(26-33-47)40-16-6-2-7-17-40)48-34-27-43(28-35-48)45-29-36-50-49-20-10-11-21-51(49)56-55(52(50)38-45)54(44-18-8-3-9-19-44)53-22-12-13-37-57(53)56/h1-38H. The number of benzene rings is 9. The second-order valence-electron chi connectivity index (χ2n) is 14.9. The van der Waals surface area contributed by atoms with E-state index in [4.69, 9.17) is 0 Å². The van der Waals surface area contributed by atoms with Crippen LogP contribution in [0.25, 0.3) is 82.5 Å². The highest BCUT2D eigenvalue weighted by Gasteiger charge is 2.20. The van der Waals surface area contributed by atoms with Gasteiger partial charge < -0.3 is 9.30 Å². The number of anilines is 3. The number of aromatic nitrogens is 1. The molecule has 9 aromatic carbocycles. The summed E-state index contributed by atoms with van der Waals surface area (Å²) in [6, 6.07) is 81.3. The largest absolute Gasteiger partial charge is 0.315 e. The fourth-order valence-corrected chi connectivity index (χ4v) is 8.84. The van der Waals surface area contributed by atoms with Gasteiger partial charge in [-0.1, -0.05) is 170 Å². The van der Waals surface area contributed by atoms with E-state index in [1.54, 1.807) is 0 Å². The van der Waals surface area contributed by atoms with Gasteiger partial charge in [-0.25, -0.2) is 0 Å². The molecule has 0 fully saturated rings. The average molecular weight is 739 g/mol. The highest BCUT2D eigenvalue weighted by atomic mass is 15.1. The SMILES string of the molecule is c1ccc(-c2ccc(N(c3ccc(-c4ccccc4)cc3)c3ccc(-c4ccc5c6ccccc6c6c(c(-c7ccccc7)c7ccccn76)c5c4)cc3)cc2)cc1. The van der Waals surface area contributed by atoms with Crippen LogP contribution in [-0.4, -0.2) is 4.40 Å². The Labute approximate surface area is 338 Å². The van der Waals surface area contributed by atoms with E-state index >= 15 is 0 Å². The Kier molecular flexibility index (Phi) is 8.19. The van der Waals surface area contributed by atoms with Crippen LogP contribution < -0.4 is 4.90 Å². The Balaban J connectivity index is 1.05. The van der Waals surface area contributed by atoms with Gasteiger partial charge in [-0.3, -0.25) is 0 Å². The molecule has 0 N–H and O–H groups in total. The summed E-state index contributed by atoms with van der Waals surface area (Å²) in [5.41, 5.74) is 15.4. The van der Waals surface area contributed by atoms with Crippen molar-refractivity contribution in [3.05, 3.63) is 231 Å². The van der Waals surface area contributed by atoms with Gasteiger partial charge in [-0.2, -0.15) is 0 Å². The number of hydrogen-bond donors (Lipinski definition) is 0. The smallest absolute Gasteiger partial charge is 0.0620 e. The predicted molar refractivity (Wildman–Crippen MR) is 246 cm³/mol. The molecule has 2 nitrogen and oxygen atoms in total. The third-order valence-corrected chi connectivity index (χ3v) is 11.6. The van der Waals surface area contributed by atoms with E-state index < -0.39 is 0 Å². The van der Waals surface area contributed by atoms with E-state index in [9.17, 15) is 0 Å². The zero-order chi connectivity index (χ0) is 38.4. The lowest BCUT2D eigenvalue weighted by atomic mass is 9.91. The summed E-state index contributed by atoms with van der Waals surface area (Å²) in [5.74, 6) is 0. The average Bonchev–Trinajstić information content (AvgIpc) is 3.66. The lowest BCUT2D eigenvalue weighted by Gasteiger charge is -2.26. The number of rotatable bonds is 7. The maximum Gasteiger partial charge on any atom is 0.0620 e. The maximum absolute atomic E-state index is 2.41. The van der Waals surface area contributed by atoms with Gasteiger partial charge in [-0.15, -0.1) is 0 Å². The van der Waals surface area contributed by atoms with Crippen molar-refractivity contribution >= 4 is 55.0 Å². The van der Waals surface area contributed by atoms with Gasteiger partial charge in [-0.05, 0) is 110 Å². The molecule has 11 rings (SSSR count). The van der Waals surface area contributed by atoms with Crippen LogP contribution in [-0.2, 0) is 0 Å². The molecule has 2 heteroatoms. The molecule has 0 saturated carbocycles. The molecule has 0 aliphatic rings. The van der Waals surface area contributed by atoms with Crippen molar-refractivity contribution in [2.24, 2.45) is 0 Å². The Morgan fingerprint density at radius 1 is 0.293 bits per heavy atom. The van der Waals surface area contributed by atoms with E-state index in [1.807, 2.05) is 0 Å². The first kappa shape index (κ1) is 33.6. The third kappa shape index (κ3) is 5.74. The van der Waals surface area contributed by atoms with E-state index in [1.165, 1.54) is 82.5 Å². The highest BCUT2D eigenvalue weighted by Crippen LogP contribution is 2.45. The summed E-state index contributed by atoms with van der Waals surface area (Å²) < 4.78 is 2.38. The number of hydrogen-bond acceptors (Lipinski definition) is 1. The molecule has 0 bridgehead atoms. The topological polar surface area (TPSA) is 7.65 Å². The maximum atomic E-state index is 2.41. The zero-order valence-electron chi connectivity index (χ0n) is 31.8. The van der Waals surface area contributed by atoms with Crippen molar-refractivity contribution in [2.75, 3.05) is 4.90 Å². The van der Waals surface area contributed by atoms with E-state index in [-0.39, 0.29) is 0 Å². The lowest BCUT2D eigenvalue weighted by molar-refractivity contribution is 1.26. The minimum Gasteiger partial charge on any atom is -0.315 e. The molecule has 0 spiro atoms. The molecule has 272 valence electrons. The van der Waals surface area contributed by atoms with Crippen molar-refractivity contribution in [3.8, 4) is 44.5 Å². The summed E-state index contributed by atoms with van der Waals surface area (Å²) >= 11 is 0. The number of nitrogens with zero attached hydrogens (tertiary/aromatic N) is 2. The van der Waals surface area contributed by atoms with Crippen LogP contribution in [0.15, 0.2) is 231 Å². The predicted octanol–water partition coefficient (Wildman–Crippen LogP) is 15.5. The molecule has 0 atom stereocenters. The Morgan fingerprint density at radius 2 is 0.707 bits per heavy atom. The fourth-order valence-electron chi connectivity index (χ4n) is 8.84. The first-order chi connectivity index (χ1) is 28.8. The molecule has 0 aliphatic heterocycles. The first-order valence-electron chi connectivity index (χ1n) is 19.9. The highest BCUT2D eigenvalue weighted by molar-refractivity contribution is 6.30. The number of fused-ring (bicyclic) bond motifs is 8. The van der Waals surface area contributed by atoms with Crippen molar-refractivity contribution in [1.29, 1.82) is 0 Å². The first-order valence-corrected chi connectivity index (χ1v) is 19.9. The van der Waals surface area contributed by atoms with Crippen LogP contribution in [0.1, 0.15) is 0 Å². The van der Waals surface area contributed by atoms with Crippen LogP contribution in [0.2, 0.25) is 0 Å². The van der Waals surface area contributed by atoms with E-state index in [0.29, 0.717) is 0 Å². The second-order valence-corrected chi connectivity index (χ2v) is 14.9. The third-order valence-electron chi connectivity index (χ3n) is 11.6. The summed E-state index contributed by atoms with van der Waals surface area (Å²) in [6.07, 6.45) is 2.21. The normalized spacial score (nSPS) is 11.4. The summed E-state index contributed by atoms with van der Waals surface area (Å²) in [7, 11) is 0. The second kappa shape index (κ2) is 14.1. The van der Waals surface area contributed by atoms with Crippen molar-refractivity contribution in [1.82, 2.24) is 4.40 Å². The van der Waals surface area contributed by atoms with Gasteiger partial charge >= 0.3 is 0 Å². The van der Waals surface area contributed by atoms with E-state index in [2.05, 4.69) is 240 Å². The molecular formula is C56H38N2. The van der Waals surface area contributed by atoms with Gasteiger partial charge in [0, 0.05) is 39.6 Å². The molecule has 0 aliphatic carbocycles. The van der Waals surface area contributed by atoms with Gasteiger partial charge in [0.2, 0.25) is 0 Å². The molecule has 0 radical (unpaired) electrons. The minimum atomic E-state index is 1.10. The van der Waals surface area contributed by atoms with Crippen LogP contribution in [0.4, 0.5) is 17.1 Å². The Bertz CT molecular complexity index is 3140. The van der Waals surface area contributed by atoms with Gasteiger partial charge in [0.15, 0.2) is 0 Å². The molecule has 11 aromatic rings. The minimum absolute atomic E-state index is 1.10. The van der Waals surface area contributed by atoms with Gasteiger partial charge in [0.25, 0.3) is 0 Å². The summed E-state index contributed by atoms with van der Waals surface area (Å²) in [5, 5.41) is 6.34. The lowest BCUT2D eigenvalue weighted by Crippen LogP contribution is -2.09. The Morgan fingerprint density at radius 3 is 1.26 bits per heavy atom. The van der Waals surface area contributed by atoms with Crippen LogP contribution in [0, 0.1) is 0 Å². The summed E-state index contributed by atoms with van der Waals surface area (Å²) in [4.78, 5) is 2.35. The van der Waals surface area contributed by atoms with E-state index in [0.717, 1.165) is 17.1 Å². The van der Waals surface area contributed by atoms with Crippen molar-refractivity contribution < 1.29 is 0 Å². The molecule has 0 amide bonds. The zero-order valence-corrected chi connectivity index (χ0v) is 31.8. The summed E-state index contributed by atoms with van der Waals surface area (Å²) in [6.45, 7) is 0. The molecule has 2 aromatic heterocycles. The fraction of sp³-hybridized carbons (Fsp3) is 0. The molecule has 0 unspecified atom stereocenters. The van der Waals surface area contributed by atoms with Crippen molar-refractivity contribution in [3.63, 3.8) is 0 Å². The van der Waals surface area contributed by atoms with Crippen LogP contribution >= 0.6 is 0 Å². The van der Waals surface area contributed by atoms with Crippen molar-refractivity contribution in [2.45, 2.75) is 0 Å². The molecule has 0 saturated heterocycles. The molecular weight excluding hydrogens is 701 g/mol. The van der Waals surface area contributed by atoms with Gasteiger partial charge in [0.05, 0.1) is 11.0 Å². The monoisotopic (exact) mass is 738 g/mol. The van der Waals surface area contributed by atoms with Crippen LogP contribution in [0.3, 0.4) is 0 Å². The quantitative estimate of drug-likeness (QED) is 0.148. The van der Waals surface area contributed by atoms with Crippen LogP contribution in [0.5, 0.6) is 0 Å².